The molecule has 0 saturated carbocycles. The highest BCUT2D eigenvalue weighted by atomic mass is 16.3. The molecule has 2 aliphatic heterocycles. The molecule has 0 radical (unpaired) electrons. The molecule has 0 unspecified atom stereocenters. The minimum Gasteiger partial charge on any atom is -0.456 e. The van der Waals surface area contributed by atoms with Crippen molar-refractivity contribution in [1.82, 2.24) is 0 Å². The van der Waals surface area contributed by atoms with E-state index < -0.39 is 0 Å². The van der Waals surface area contributed by atoms with Gasteiger partial charge in [0.25, 0.3) is 0 Å². The van der Waals surface area contributed by atoms with Crippen molar-refractivity contribution in [3.63, 3.8) is 0 Å². The van der Waals surface area contributed by atoms with Crippen LogP contribution in [0.5, 0.6) is 0 Å². The molecule has 150 valence electrons. The summed E-state index contributed by atoms with van der Waals surface area (Å²) in [4.78, 5) is 4.87. The van der Waals surface area contributed by atoms with Gasteiger partial charge in [0.1, 0.15) is 17.8 Å². The third-order valence-corrected chi connectivity index (χ3v) is 7.04. The number of para-hydroxylation sites is 3. The lowest BCUT2D eigenvalue weighted by Crippen LogP contribution is -2.33. The molecule has 2 aliphatic rings. The molecular formula is C28H22N2O. The maximum Gasteiger partial charge on any atom is 0.141 e. The molecule has 31 heavy (non-hydrogen) atoms. The molecule has 0 saturated heterocycles. The monoisotopic (exact) mass is 402 g/mol. The van der Waals surface area contributed by atoms with E-state index in [1.807, 2.05) is 6.07 Å². The number of hydrogen-bond acceptors (Lipinski definition) is 3. The highest BCUT2D eigenvalue weighted by Crippen LogP contribution is 2.58. The van der Waals surface area contributed by atoms with Crippen LogP contribution in [0, 0.1) is 0 Å². The molecule has 0 fully saturated rings. The van der Waals surface area contributed by atoms with E-state index in [9.17, 15) is 0 Å². The average molecular weight is 402 g/mol. The van der Waals surface area contributed by atoms with Crippen LogP contribution >= 0.6 is 0 Å². The Labute approximate surface area is 181 Å². The SMILES string of the molecule is CC1(C)c2cccc3c2N(CN3c2ccccc2)c2ccc3c(oc4ccccc43)c21. The maximum absolute atomic E-state index is 6.48. The maximum atomic E-state index is 6.48. The van der Waals surface area contributed by atoms with E-state index in [0.717, 1.165) is 17.8 Å². The summed E-state index contributed by atoms with van der Waals surface area (Å²) in [5.41, 5.74) is 9.48. The van der Waals surface area contributed by atoms with Gasteiger partial charge in [0.2, 0.25) is 0 Å². The fourth-order valence-electron chi connectivity index (χ4n) is 5.59. The lowest BCUT2D eigenvalue weighted by molar-refractivity contribution is 0.600. The lowest BCUT2D eigenvalue weighted by Gasteiger charge is -2.39. The van der Waals surface area contributed by atoms with Crippen molar-refractivity contribution in [2.75, 3.05) is 16.5 Å². The Morgan fingerprint density at radius 2 is 1.52 bits per heavy atom. The smallest absolute Gasteiger partial charge is 0.141 e. The van der Waals surface area contributed by atoms with Gasteiger partial charge in [-0.2, -0.15) is 0 Å². The van der Waals surface area contributed by atoms with E-state index >= 15 is 0 Å². The largest absolute Gasteiger partial charge is 0.456 e. The van der Waals surface area contributed by atoms with Crippen LogP contribution < -0.4 is 9.80 Å². The van der Waals surface area contributed by atoms with E-state index in [2.05, 4.69) is 103 Å². The van der Waals surface area contributed by atoms with E-state index in [-0.39, 0.29) is 5.41 Å². The molecule has 0 amide bonds. The molecule has 4 aromatic carbocycles. The molecule has 0 bridgehead atoms. The predicted molar refractivity (Wildman–Crippen MR) is 128 cm³/mol. The predicted octanol–water partition coefficient (Wildman–Crippen LogP) is 7.47. The minimum absolute atomic E-state index is 0.169. The van der Waals surface area contributed by atoms with Crippen molar-refractivity contribution >= 4 is 44.7 Å². The van der Waals surface area contributed by atoms with Crippen molar-refractivity contribution in [2.24, 2.45) is 0 Å². The molecule has 7 rings (SSSR count). The summed E-state index contributed by atoms with van der Waals surface area (Å²) in [6.45, 7) is 5.46. The van der Waals surface area contributed by atoms with E-state index in [1.54, 1.807) is 0 Å². The van der Waals surface area contributed by atoms with Crippen molar-refractivity contribution in [3.05, 3.63) is 96.1 Å². The van der Waals surface area contributed by atoms with Crippen LogP contribution in [-0.4, -0.2) is 6.67 Å². The van der Waals surface area contributed by atoms with Gasteiger partial charge in [0, 0.05) is 27.4 Å². The van der Waals surface area contributed by atoms with Crippen molar-refractivity contribution in [1.29, 1.82) is 0 Å². The first-order valence-corrected chi connectivity index (χ1v) is 10.8. The number of hydrogen-bond donors (Lipinski definition) is 0. The van der Waals surface area contributed by atoms with E-state index in [4.69, 9.17) is 4.42 Å². The van der Waals surface area contributed by atoms with E-state index in [1.165, 1.54) is 44.6 Å². The Morgan fingerprint density at radius 3 is 2.39 bits per heavy atom. The first-order chi connectivity index (χ1) is 15.1. The summed E-state index contributed by atoms with van der Waals surface area (Å²) in [6.07, 6.45) is 0. The van der Waals surface area contributed by atoms with Crippen molar-refractivity contribution < 1.29 is 4.42 Å². The third kappa shape index (κ3) is 2.08. The second-order valence-corrected chi connectivity index (χ2v) is 9.07. The van der Waals surface area contributed by atoms with Gasteiger partial charge < -0.3 is 14.2 Å². The number of nitrogens with zero attached hydrogens (tertiary/aromatic N) is 2. The van der Waals surface area contributed by atoms with Gasteiger partial charge in [0.15, 0.2) is 0 Å². The lowest BCUT2D eigenvalue weighted by atomic mass is 9.73. The van der Waals surface area contributed by atoms with Crippen LogP contribution in [-0.2, 0) is 5.41 Å². The molecule has 1 aromatic heterocycles. The Morgan fingerprint density at radius 1 is 0.710 bits per heavy atom. The zero-order chi connectivity index (χ0) is 20.7. The molecular weight excluding hydrogens is 380 g/mol. The summed E-state index contributed by atoms with van der Waals surface area (Å²) in [6, 6.07) is 30.2. The van der Waals surface area contributed by atoms with Gasteiger partial charge in [-0.05, 0) is 42.0 Å². The van der Waals surface area contributed by atoms with Crippen LogP contribution in [0.3, 0.4) is 0 Å². The fraction of sp³-hybridized carbons (Fsp3) is 0.143. The Kier molecular flexibility index (Phi) is 3.13. The molecule has 3 heteroatoms. The second kappa shape index (κ2) is 5.70. The standard InChI is InChI=1S/C28H22N2O/c1-28(2)21-12-8-13-23-26(21)30(17-29(23)18-9-4-3-5-10-18)22-16-15-20-19-11-6-7-14-24(19)31-27(20)25(22)28/h3-16H,17H2,1-2H3. The van der Waals surface area contributed by atoms with Gasteiger partial charge in [-0.3, -0.25) is 0 Å². The molecule has 0 spiro atoms. The summed E-state index contributed by atoms with van der Waals surface area (Å²) >= 11 is 0. The Hall–Kier alpha value is -3.72. The van der Waals surface area contributed by atoms with Crippen LogP contribution in [0.1, 0.15) is 25.0 Å². The van der Waals surface area contributed by atoms with Crippen LogP contribution in [0.15, 0.2) is 89.3 Å². The molecule has 0 N–H and O–H groups in total. The number of anilines is 4. The number of fused-ring (bicyclic) bond motifs is 6. The molecule has 3 heterocycles. The van der Waals surface area contributed by atoms with Gasteiger partial charge in [0.05, 0.1) is 17.1 Å². The highest BCUT2D eigenvalue weighted by Gasteiger charge is 2.44. The zero-order valence-electron chi connectivity index (χ0n) is 17.6. The summed E-state index contributed by atoms with van der Waals surface area (Å²) in [5, 5.41) is 2.38. The molecule has 3 nitrogen and oxygen atoms in total. The molecule has 0 aliphatic carbocycles. The summed E-state index contributed by atoms with van der Waals surface area (Å²) in [5.74, 6) is 0. The normalized spacial score (nSPS) is 16.1. The van der Waals surface area contributed by atoms with Crippen LogP contribution in [0.25, 0.3) is 21.9 Å². The summed E-state index contributed by atoms with van der Waals surface area (Å²) in [7, 11) is 0. The fourth-order valence-corrected chi connectivity index (χ4v) is 5.59. The summed E-state index contributed by atoms with van der Waals surface area (Å²) < 4.78 is 6.48. The van der Waals surface area contributed by atoms with Gasteiger partial charge >= 0.3 is 0 Å². The van der Waals surface area contributed by atoms with Gasteiger partial charge in [-0.25, -0.2) is 0 Å². The number of rotatable bonds is 1. The van der Waals surface area contributed by atoms with Crippen LogP contribution in [0.4, 0.5) is 22.7 Å². The third-order valence-electron chi connectivity index (χ3n) is 7.04. The number of furan rings is 1. The second-order valence-electron chi connectivity index (χ2n) is 9.07. The number of benzene rings is 4. The average Bonchev–Trinajstić information content (AvgIpc) is 3.37. The van der Waals surface area contributed by atoms with Gasteiger partial charge in [-0.15, -0.1) is 0 Å². The van der Waals surface area contributed by atoms with Gasteiger partial charge in [-0.1, -0.05) is 62.4 Å². The first-order valence-electron chi connectivity index (χ1n) is 10.8. The quantitative estimate of drug-likeness (QED) is 0.290. The molecule has 0 atom stereocenters. The minimum atomic E-state index is -0.169. The Bertz CT molecular complexity index is 1500. The van der Waals surface area contributed by atoms with E-state index in [0.29, 0.717) is 0 Å². The zero-order valence-corrected chi connectivity index (χ0v) is 17.6. The van der Waals surface area contributed by atoms with Crippen molar-refractivity contribution in [3.8, 4) is 0 Å². The topological polar surface area (TPSA) is 19.6 Å². The Balaban J connectivity index is 1.54. The highest BCUT2D eigenvalue weighted by molar-refractivity contribution is 6.09. The van der Waals surface area contributed by atoms with Crippen molar-refractivity contribution in [2.45, 2.75) is 19.3 Å². The molecule has 5 aromatic rings. The first kappa shape index (κ1) is 17.0. The van der Waals surface area contributed by atoms with Crippen LogP contribution in [0.2, 0.25) is 0 Å².